The Morgan fingerprint density at radius 1 is 1.03 bits per heavy atom. The van der Waals surface area contributed by atoms with Gasteiger partial charge in [0.05, 0.1) is 18.8 Å². The van der Waals surface area contributed by atoms with Crippen molar-refractivity contribution >= 4 is 17.5 Å². The molecule has 5 heteroatoms. The minimum atomic E-state index is -1.78. The molecule has 0 saturated heterocycles. The summed E-state index contributed by atoms with van der Waals surface area (Å²) in [5.41, 5.74) is 2.57. The van der Waals surface area contributed by atoms with Gasteiger partial charge in [-0.1, -0.05) is 41.5 Å². The fraction of sp³-hybridized carbons (Fsp3) is 0.500. The first-order valence-electron chi connectivity index (χ1n) is 10.1. The summed E-state index contributed by atoms with van der Waals surface area (Å²) in [5.74, 6) is -1.41. The van der Waals surface area contributed by atoms with Crippen LogP contribution in [0.25, 0.3) is 5.57 Å². The molecular formula is C24H32O5. The topological polar surface area (TPSA) is 61.8 Å². The monoisotopic (exact) mass is 400 g/mol. The Morgan fingerprint density at radius 3 is 2.00 bits per heavy atom. The van der Waals surface area contributed by atoms with E-state index >= 15 is 0 Å². The van der Waals surface area contributed by atoms with Crippen molar-refractivity contribution in [3.8, 4) is 0 Å². The van der Waals surface area contributed by atoms with Gasteiger partial charge in [0.1, 0.15) is 0 Å². The second kappa shape index (κ2) is 8.95. The van der Waals surface area contributed by atoms with Crippen molar-refractivity contribution in [2.45, 2.75) is 66.1 Å². The van der Waals surface area contributed by atoms with Gasteiger partial charge in [0.2, 0.25) is 0 Å². The second-order valence-electron chi connectivity index (χ2n) is 7.94. The van der Waals surface area contributed by atoms with Crippen LogP contribution in [0.2, 0.25) is 0 Å². The van der Waals surface area contributed by atoms with Gasteiger partial charge < -0.3 is 14.2 Å². The molecule has 0 aromatic heterocycles. The van der Waals surface area contributed by atoms with Crippen LogP contribution < -0.4 is 0 Å². The van der Waals surface area contributed by atoms with Crippen LogP contribution in [-0.2, 0) is 23.8 Å². The maximum atomic E-state index is 12.8. The molecule has 0 fully saturated rings. The lowest BCUT2D eigenvalue weighted by Gasteiger charge is -2.43. The van der Waals surface area contributed by atoms with E-state index in [1.54, 1.807) is 13.8 Å². The molecule has 0 aliphatic carbocycles. The van der Waals surface area contributed by atoms with Crippen molar-refractivity contribution in [1.29, 1.82) is 0 Å². The van der Waals surface area contributed by atoms with E-state index in [1.165, 1.54) is 5.56 Å². The number of benzene rings is 1. The zero-order valence-electron chi connectivity index (χ0n) is 18.5. The molecule has 1 aliphatic rings. The molecule has 0 atom stereocenters. The van der Waals surface area contributed by atoms with E-state index in [4.69, 9.17) is 14.2 Å². The summed E-state index contributed by atoms with van der Waals surface area (Å²) in [6.07, 6.45) is 2.17. The highest BCUT2D eigenvalue weighted by atomic mass is 16.6. The smallest absolute Gasteiger partial charge is 0.350 e. The molecule has 5 nitrogen and oxygen atoms in total. The van der Waals surface area contributed by atoms with Crippen LogP contribution in [-0.4, -0.2) is 36.4 Å². The number of ether oxygens (including phenoxy) is 3. The summed E-state index contributed by atoms with van der Waals surface area (Å²) in [6, 6.07) is 8.30. The molecule has 1 aliphatic heterocycles. The van der Waals surface area contributed by atoms with E-state index < -0.39 is 23.1 Å². The number of aryl methyl sites for hydroxylation is 1. The molecule has 2 rings (SSSR count). The fourth-order valence-electron chi connectivity index (χ4n) is 3.73. The SMILES string of the molecule is CCOC(=O)C1(C(=O)OCC)CC(C)=C(/C=C(\C)c2ccc(C)cc2)C(C)(C)O1. The molecule has 0 amide bonds. The van der Waals surface area contributed by atoms with Crippen LogP contribution in [0, 0.1) is 6.92 Å². The minimum Gasteiger partial charge on any atom is -0.463 e. The van der Waals surface area contributed by atoms with Gasteiger partial charge in [-0.2, -0.15) is 0 Å². The zero-order chi connectivity index (χ0) is 21.8. The molecule has 0 spiro atoms. The van der Waals surface area contributed by atoms with E-state index in [0.717, 1.165) is 22.3 Å². The van der Waals surface area contributed by atoms with E-state index in [9.17, 15) is 9.59 Å². The Balaban J connectivity index is 2.51. The molecule has 158 valence electrons. The summed E-state index contributed by atoms with van der Waals surface area (Å²) in [4.78, 5) is 25.5. The predicted octanol–water partition coefficient (Wildman–Crippen LogP) is 4.78. The third-order valence-corrected chi connectivity index (χ3v) is 5.13. The molecular weight excluding hydrogens is 368 g/mol. The van der Waals surface area contributed by atoms with Gasteiger partial charge in [-0.05, 0) is 65.2 Å². The van der Waals surface area contributed by atoms with E-state index in [0.29, 0.717) is 0 Å². The third-order valence-electron chi connectivity index (χ3n) is 5.13. The lowest BCUT2D eigenvalue weighted by atomic mass is 9.80. The Morgan fingerprint density at radius 2 is 1.55 bits per heavy atom. The normalized spacial score (nSPS) is 18.4. The number of hydrogen-bond acceptors (Lipinski definition) is 5. The first-order valence-corrected chi connectivity index (χ1v) is 10.1. The second-order valence-corrected chi connectivity index (χ2v) is 7.94. The number of esters is 2. The highest BCUT2D eigenvalue weighted by Crippen LogP contribution is 2.42. The van der Waals surface area contributed by atoms with Crippen LogP contribution in [0.15, 0.2) is 41.5 Å². The minimum absolute atomic E-state index is 0.0983. The summed E-state index contributed by atoms with van der Waals surface area (Å²) in [7, 11) is 0. The van der Waals surface area contributed by atoms with Crippen molar-refractivity contribution in [1.82, 2.24) is 0 Å². The largest absolute Gasteiger partial charge is 0.463 e. The van der Waals surface area contributed by atoms with E-state index in [2.05, 4.69) is 37.3 Å². The zero-order valence-corrected chi connectivity index (χ0v) is 18.5. The van der Waals surface area contributed by atoms with Gasteiger partial charge in [0.25, 0.3) is 5.60 Å². The summed E-state index contributed by atoms with van der Waals surface area (Å²) >= 11 is 0. The quantitative estimate of drug-likeness (QED) is 0.508. The van der Waals surface area contributed by atoms with Crippen molar-refractivity contribution in [2.75, 3.05) is 13.2 Å². The lowest BCUT2D eigenvalue weighted by molar-refractivity contribution is -0.206. The Kier molecular flexibility index (Phi) is 7.06. The highest BCUT2D eigenvalue weighted by molar-refractivity contribution is 6.04. The lowest BCUT2D eigenvalue weighted by Crippen LogP contribution is -2.58. The Bertz CT molecular complexity index is 809. The Hall–Kier alpha value is -2.40. The standard InChI is InChI=1S/C24H32O5/c1-8-27-21(25)24(22(26)28-9-2)15-18(5)20(23(6,7)29-24)14-17(4)19-12-10-16(3)11-13-19/h10-14H,8-9,15H2,1-7H3/b17-14+. The highest BCUT2D eigenvalue weighted by Gasteiger charge is 2.56. The summed E-state index contributed by atoms with van der Waals surface area (Å²) < 4.78 is 16.6. The first kappa shape index (κ1) is 22.9. The molecule has 0 N–H and O–H groups in total. The summed E-state index contributed by atoms with van der Waals surface area (Å²) in [6.45, 7) is 13.5. The van der Waals surface area contributed by atoms with Gasteiger partial charge in [-0.25, -0.2) is 9.59 Å². The van der Waals surface area contributed by atoms with Crippen LogP contribution in [0.5, 0.6) is 0 Å². The van der Waals surface area contributed by atoms with Gasteiger partial charge in [0.15, 0.2) is 0 Å². The fourth-order valence-corrected chi connectivity index (χ4v) is 3.73. The molecule has 0 saturated carbocycles. The summed E-state index contributed by atoms with van der Waals surface area (Å²) in [5, 5.41) is 0. The van der Waals surface area contributed by atoms with Crippen molar-refractivity contribution in [2.24, 2.45) is 0 Å². The van der Waals surface area contributed by atoms with Crippen LogP contribution in [0.4, 0.5) is 0 Å². The number of carbonyl (C=O) groups excluding carboxylic acids is 2. The maximum Gasteiger partial charge on any atom is 0.350 e. The van der Waals surface area contributed by atoms with Crippen LogP contribution in [0.1, 0.15) is 59.1 Å². The van der Waals surface area contributed by atoms with E-state index in [-0.39, 0.29) is 19.6 Å². The molecule has 0 radical (unpaired) electrons. The number of carbonyl (C=O) groups is 2. The maximum absolute atomic E-state index is 12.8. The molecule has 0 bridgehead atoms. The third kappa shape index (κ3) is 4.78. The van der Waals surface area contributed by atoms with Gasteiger partial charge in [-0.15, -0.1) is 0 Å². The molecule has 1 aromatic rings. The Labute approximate surface area is 173 Å². The van der Waals surface area contributed by atoms with Crippen molar-refractivity contribution in [3.63, 3.8) is 0 Å². The molecule has 0 unspecified atom stereocenters. The van der Waals surface area contributed by atoms with Crippen LogP contribution in [0.3, 0.4) is 0 Å². The number of allylic oxidation sites excluding steroid dienone is 1. The average molecular weight is 401 g/mol. The van der Waals surface area contributed by atoms with Gasteiger partial charge >= 0.3 is 11.9 Å². The molecule has 29 heavy (non-hydrogen) atoms. The van der Waals surface area contributed by atoms with Gasteiger partial charge in [-0.3, -0.25) is 0 Å². The van der Waals surface area contributed by atoms with E-state index in [1.807, 2.05) is 27.7 Å². The van der Waals surface area contributed by atoms with Crippen LogP contribution >= 0.6 is 0 Å². The molecule has 1 aromatic carbocycles. The number of rotatable bonds is 6. The molecule has 1 heterocycles. The first-order chi connectivity index (χ1) is 13.6. The van der Waals surface area contributed by atoms with Crippen molar-refractivity contribution in [3.05, 3.63) is 52.6 Å². The van der Waals surface area contributed by atoms with Gasteiger partial charge in [0, 0.05) is 6.42 Å². The number of hydrogen-bond donors (Lipinski definition) is 0. The van der Waals surface area contributed by atoms with Crippen molar-refractivity contribution < 1.29 is 23.8 Å². The predicted molar refractivity (Wildman–Crippen MR) is 113 cm³/mol. The average Bonchev–Trinajstić information content (AvgIpc) is 2.65.